The van der Waals surface area contributed by atoms with Crippen LogP contribution in [0.4, 0.5) is 0 Å². The Kier molecular flexibility index (Phi) is 2.96. The van der Waals surface area contributed by atoms with Crippen LogP contribution < -0.4 is 0 Å². The van der Waals surface area contributed by atoms with Crippen molar-refractivity contribution >= 4 is 19.4 Å². The van der Waals surface area contributed by atoms with E-state index >= 15 is 0 Å². The van der Waals surface area contributed by atoms with E-state index in [4.69, 9.17) is 4.74 Å². The summed E-state index contributed by atoms with van der Waals surface area (Å²) in [5.74, 6) is -1.82. The summed E-state index contributed by atoms with van der Waals surface area (Å²) in [6, 6.07) is 0. The minimum atomic E-state index is -0.930. The number of esters is 1. The molecule has 1 unspecified atom stereocenters. The zero-order valence-corrected chi connectivity index (χ0v) is 7.83. The van der Waals surface area contributed by atoms with Gasteiger partial charge in [0.1, 0.15) is 5.50 Å². The fourth-order valence-electron chi connectivity index (χ4n) is 1.32. The lowest BCUT2D eigenvalue weighted by atomic mass is 9.69. The molecule has 4 nitrogen and oxygen atoms in total. The molecule has 0 saturated carbocycles. The van der Waals surface area contributed by atoms with E-state index in [1.807, 2.05) is 13.8 Å². The van der Waals surface area contributed by atoms with Crippen LogP contribution in [0.2, 0.25) is 0 Å². The zero-order chi connectivity index (χ0) is 9.90. The summed E-state index contributed by atoms with van der Waals surface area (Å²) >= 11 is 0. The van der Waals surface area contributed by atoms with Crippen molar-refractivity contribution < 1.29 is 19.0 Å². The van der Waals surface area contributed by atoms with Gasteiger partial charge in [0.15, 0.2) is 0 Å². The fraction of sp³-hybridized carbons (Fsp3) is 0.750. The molecule has 0 aliphatic carbocycles. The maximum Gasteiger partial charge on any atom is 0.423 e. The van der Waals surface area contributed by atoms with Crippen LogP contribution in [0, 0.1) is 0 Å². The van der Waals surface area contributed by atoms with Gasteiger partial charge in [-0.2, -0.15) is 0 Å². The SMILES string of the molecule is CCCC1(CC)[B]OC(=O)C(=O)O1. The monoisotopic (exact) mass is 183 g/mol. The van der Waals surface area contributed by atoms with Crippen LogP contribution in [0.3, 0.4) is 0 Å². The fourth-order valence-corrected chi connectivity index (χ4v) is 1.32. The topological polar surface area (TPSA) is 52.6 Å². The third-order valence-electron chi connectivity index (χ3n) is 2.12. The molecule has 1 aliphatic heterocycles. The van der Waals surface area contributed by atoms with Gasteiger partial charge in [0.25, 0.3) is 0 Å². The Morgan fingerprint density at radius 3 is 2.46 bits per heavy atom. The van der Waals surface area contributed by atoms with Gasteiger partial charge in [0.2, 0.25) is 0 Å². The summed E-state index contributed by atoms with van der Waals surface area (Å²) in [6.45, 7) is 3.87. The van der Waals surface area contributed by atoms with Crippen molar-refractivity contribution in [3.63, 3.8) is 0 Å². The molecular formula is C8H12BO4. The number of rotatable bonds is 3. The normalized spacial score (nSPS) is 27.5. The highest BCUT2D eigenvalue weighted by Crippen LogP contribution is 2.24. The van der Waals surface area contributed by atoms with Gasteiger partial charge in [-0.25, -0.2) is 9.59 Å². The molecular weight excluding hydrogens is 171 g/mol. The summed E-state index contributed by atoms with van der Waals surface area (Å²) in [5.41, 5.74) is -0.695. The Morgan fingerprint density at radius 1 is 1.31 bits per heavy atom. The highest BCUT2D eigenvalue weighted by Gasteiger charge is 2.43. The molecule has 0 bridgehead atoms. The van der Waals surface area contributed by atoms with Gasteiger partial charge >= 0.3 is 19.4 Å². The first kappa shape index (κ1) is 10.1. The lowest BCUT2D eigenvalue weighted by Crippen LogP contribution is -2.50. The average molecular weight is 183 g/mol. The molecule has 1 fully saturated rings. The zero-order valence-electron chi connectivity index (χ0n) is 7.83. The quantitative estimate of drug-likeness (QED) is 0.365. The predicted molar refractivity (Wildman–Crippen MR) is 45.9 cm³/mol. The molecule has 0 spiro atoms. The van der Waals surface area contributed by atoms with Gasteiger partial charge in [0.05, 0.1) is 0 Å². The first-order chi connectivity index (χ1) is 6.13. The molecule has 0 amide bonds. The molecule has 5 heteroatoms. The average Bonchev–Trinajstić information content (AvgIpc) is 2.12. The van der Waals surface area contributed by atoms with Crippen LogP contribution in [0.15, 0.2) is 0 Å². The highest BCUT2D eigenvalue weighted by atomic mass is 16.6. The molecule has 1 saturated heterocycles. The Labute approximate surface area is 77.9 Å². The maximum atomic E-state index is 10.9. The lowest BCUT2D eigenvalue weighted by Gasteiger charge is -2.32. The molecule has 1 rings (SSSR count). The summed E-state index contributed by atoms with van der Waals surface area (Å²) in [6.07, 6.45) is 2.18. The van der Waals surface area contributed by atoms with Crippen LogP contribution in [-0.2, 0) is 19.0 Å². The Bertz CT molecular complexity index is 228. The van der Waals surface area contributed by atoms with Crippen molar-refractivity contribution in [2.45, 2.75) is 38.6 Å². The standard InChI is InChI=1S/C8H12BO4/c1-3-5-8(4-2)9-13-7(11)6(10)12-8/h3-5H2,1-2H3. The molecule has 0 aromatic carbocycles. The molecule has 0 aromatic rings. The van der Waals surface area contributed by atoms with E-state index in [1.165, 1.54) is 7.48 Å². The van der Waals surface area contributed by atoms with Gasteiger partial charge < -0.3 is 9.39 Å². The maximum absolute atomic E-state index is 10.9. The van der Waals surface area contributed by atoms with Crippen molar-refractivity contribution in [1.29, 1.82) is 0 Å². The molecule has 1 atom stereocenters. The van der Waals surface area contributed by atoms with Gasteiger partial charge in [-0.05, 0) is 12.8 Å². The van der Waals surface area contributed by atoms with Crippen LogP contribution >= 0.6 is 0 Å². The molecule has 13 heavy (non-hydrogen) atoms. The number of carbonyl (C=O) groups is 2. The summed E-state index contributed by atoms with van der Waals surface area (Å²) in [7, 11) is 1.33. The number of hydrogen-bond donors (Lipinski definition) is 0. The Morgan fingerprint density at radius 2 is 2.00 bits per heavy atom. The van der Waals surface area contributed by atoms with Crippen molar-refractivity contribution in [2.24, 2.45) is 0 Å². The number of ether oxygens (including phenoxy) is 1. The third kappa shape index (κ3) is 2.02. The highest BCUT2D eigenvalue weighted by molar-refractivity contribution is 6.46. The number of hydrogen-bond acceptors (Lipinski definition) is 4. The van der Waals surface area contributed by atoms with E-state index in [1.54, 1.807) is 0 Å². The number of carbonyl (C=O) groups excluding carboxylic acids is 2. The first-order valence-corrected chi connectivity index (χ1v) is 4.42. The van der Waals surface area contributed by atoms with E-state index in [-0.39, 0.29) is 0 Å². The summed E-state index contributed by atoms with van der Waals surface area (Å²) in [5, 5.41) is 0. The third-order valence-corrected chi connectivity index (χ3v) is 2.12. The van der Waals surface area contributed by atoms with Gasteiger partial charge in [-0.3, -0.25) is 0 Å². The van der Waals surface area contributed by atoms with E-state index in [2.05, 4.69) is 4.65 Å². The lowest BCUT2D eigenvalue weighted by molar-refractivity contribution is -0.175. The van der Waals surface area contributed by atoms with Gasteiger partial charge in [-0.15, -0.1) is 0 Å². The second-order valence-corrected chi connectivity index (χ2v) is 3.08. The van der Waals surface area contributed by atoms with E-state index < -0.39 is 17.4 Å². The summed E-state index contributed by atoms with van der Waals surface area (Å²) < 4.78 is 9.62. The Balaban J connectivity index is 2.68. The Hall–Kier alpha value is -0.995. The second-order valence-electron chi connectivity index (χ2n) is 3.08. The van der Waals surface area contributed by atoms with Gasteiger partial charge in [0, 0.05) is 0 Å². The first-order valence-electron chi connectivity index (χ1n) is 4.42. The van der Waals surface area contributed by atoms with Gasteiger partial charge in [-0.1, -0.05) is 20.3 Å². The molecule has 0 N–H and O–H groups in total. The van der Waals surface area contributed by atoms with Crippen molar-refractivity contribution in [3.8, 4) is 0 Å². The molecule has 0 aromatic heterocycles. The molecule has 1 aliphatic rings. The van der Waals surface area contributed by atoms with E-state index in [0.717, 1.165) is 6.42 Å². The minimum Gasteiger partial charge on any atom is -0.526 e. The predicted octanol–water partition coefficient (Wildman–Crippen LogP) is 0.612. The van der Waals surface area contributed by atoms with Crippen LogP contribution in [0.25, 0.3) is 0 Å². The van der Waals surface area contributed by atoms with Crippen molar-refractivity contribution in [2.75, 3.05) is 0 Å². The molecule has 71 valence electrons. The van der Waals surface area contributed by atoms with Crippen molar-refractivity contribution in [1.82, 2.24) is 0 Å². The van der Waals surface area contributed by atoms with E-state index in [0.29, 0.717) is 12.8 Å². The van der Waals surface area contributed by atoms with Crippen LogP contribution in [0.1, 0.15) is 33.1 Å². The second kappa shape index (κ2) is 3.81. The summed E-state index contributed by atoms with van der Waals surface area (Å²) in [4.78, 5) is 21.6. The van der Waals surface area contributed by atoms with Crippen LogP contribution in [-0.4, -0.2) is 24.9 Å². The van der Waals surface area contributed by atoms with Crippen molar-refractivity contribution in [3.05, 3.63) is 0 Å². The molecule has 1 heterocycles. The van der Waals surface area contributed by atoms with E-state index in [9.17, 15) is 9.59 Å². The minimum absolute atomic E-state index is 0.625. The molecule has 1 radical (unpaired) electrons. The van der Waals surface area contributed by atoms with Crippen LogP contribution in [0.5, 0.6) is 0 Å². The largest absolute Gasteiger partial charge is 0.526 e. The number of cyclic esters (lactones) is 1. The smallest absolute Gasteiger partial charge is 0.423 e.